The molecule has 138 valence electrons. The monoisotopic (exact) mass is 400 g/mol. The molecular weight excluding hydrogens is 384 g/mol. The van der Waals surface area contributed by atoms with E-state index in [1.54, 1.807) is 13.1 Å². The molecule has 2 aromatic carbocycles. The van der Waals surface area contributed by atoms with E-state index in [0.717, 1.165) is 11.1 Å². The molecule has 3 aromatic rings. The second-order valence-corrected chi connectivity index (χ2v) is 6.83. The molecule has 1 heterocycles. The van der Waals surface area contributed by atoms with Crippen molar-refractivity contribution in [2.24, 2.45) is 5.10 Å². The third-order valence-corrected chi connectivity index (χ3v) is 4.52. The molecule has 0 aliphatic rings. The number of aromatic nitrogens is 3. The van der Waals surface area contributed by atoms with Crippen LogP contribution in [-0.2, 0) is 6.61 Å². The van der Waals surface area contributed by atoms with Crippen LogP contribution in [0.4, 0.5) is 0 Å². The molecule has 0 aliphatic carbocycles. The molecule has 27 heavy (non-hydrogen) atoms. The van der Waals surface area contributed by atoms with Crippen molar-refractivity contribution in [1.29, 1.82) is 0 Å². The Morgan fingerprint density at radius 2 is 2.00 bits per heavy atom. The van der Waals surface area contributed by atoms with Gasteiger partial charge in [0.1, 0.15) is 18.1 Å². The molecule has 0 amide bonds. The van der Waals surface area contributed by atoms with E-state index in [9.17, 15) is 4.79 Å². The second kappa shape index (κ2) is 8.83. The van der Waals surface area contributed by atoms with Gasteiger partial charge in [-0.1, -0.05) is 47.6 Å². The summed E-state index contributed by atoms with van der Waals surface area (Å²) >= 11 is 7.19. The van der Waals surface area contributed by atoms with Gasteiger partial charge in [0.2, 0.25) is 5.16 Å². The van der Waals surface area contributed by atoms with Gasteiger partial charge in [-0.2, -0.15) is 9.78 Å². The molecule has 6 nitrogen and oxygen atoms in total. The van der Waals surface area contributed by atoms with Crippen molar-refractivity contribution in [1.82, 2.24) is 14.9 Å². The summed E-state index contributed by atoms with van der Waals surface area (Å²) in [6, 6.07) is 15.0. The summed E-state index contributed by atoms with van der Waals surface area (Å²) in [6.07, 6.45) is 3.41. The highest BCUT2D eigenvalue weighted by Crippen LogP contribution is 2.16. The Bertz CT molecular complexity index is 1020. The van der Waals surface area contributed by atoms with E-state index in [0.29, 0.717) is 28.2 Å². The lowest BCUT2D eigenvalue weighted by molar-refractivity contribution is 0.306. The molecule has 0 fully saturated rings. The first kappa shape index (κ1) is 19.1. The minimum absolute atomic E-state index is 0.291. The summed E-state index contributed by atoms with van der Waals surface area (Å²) in [5, 5.41) is 13.2. The first-order valence-electron chi connectivity index (χ1n) is 8.09. The van der Waals surface area contributed by atoms with E-state index in [4.69, 9.17) is 16.3 Å². The predicted octanol–water partition coefficient (Wildman–Crippen LogP) is 3.78. The van der Waals surface area contributed by atoms with Gasteiger partial charge in [-0.25, -0.2) is 0 Å². The fourth-order valence-corrected chi connectivity index (χ4v) is 2.78. The highest BCUT2D eigenvalue weighted by molar-refractivity contribution is 7.98. The van der Waals surface area contributed by atoms with E-state index in [1.807, 2.05) is 54.8 Å². The molecule has 0 aliphatic heterocycles. The fraction of sp³-hybridized carbons (Fsp3) is 0.158. The Balaban J connectivity index is 1.76. The maximum atomic E-state index is 12.2. The van der Waals surface area contributed by atoms with E-state index < -0.39 is 0 Å². The fourth-order valence-electron chi connectivity index (χ4n) is 2.23. The van der Waals surface area contributed by atoms with Crippen molar-refractivity contribution >= 4 is 29.6 Å². The summed E-state index contributed by atoms with van der Waals surface area (Å²) in [6.45, 7) is 2.04. The average molecular weight is 401 g/mol. The molecule has 1 aromatic heterocycles. The van der Waals surface area contributed by atoms with Crippen LogP contribution in [0.3, 0.4) is 0 Å². The minimum atomic E-state index is -0.291. The number of ether oxygens (including phenoxy) is 1. The zero-order valence-corrected chi connectivity index (χ0v) is 16.4. The maximum absolute atomic E-state index is 12.2. The Kier molecular flexibility index (Phi) is 6.26. The van der Waals surface area contributed by atoms with Gasteiger partial charge < -0.3 is 4.74 Å². The first-order valence-corrected chi connectivity index (χ1v) is 9.69. The largest absolute Gasteiger partial charge is 0.489 e. The van der Waals surface area contributed by atoms with Crippen LogP contribution in [0.2, 0.25) is 5.02 Å². The summed E-state index contributed by atoms with van der Waals surface area (Å²) in [7, 11) is 0. The quantitative estimate of drug-likeness (QED) is 0.465. The molecule has 0 atom stereocenters. The van der Waals surface area contributed by atoms with Crippen LogP contribution < -0.4 is 10.3 Å². The van der Waals surface area contributed by atoms with Crippen molar-refractivity contribution in [3.8, 4) is 5.75 Å². The molecule has 0 bridgehead atoms. The number of nitrogens with zero attached hydrogens (tertiary/aromatic N) is 4. The number of aryl methyl sites for hydroxylation is 1. The van der Waals surface area contributed by atoms with Gasteiger partial charge in [-0.3, -0.25) is 4.79 Å². The number of rotatable bonds is 6. The molecule has 0 unspecified atom stereocenters. The summed E-state index contributed by atoms with van der Waals surface area (Å²) in [4.78, 5) is 12.2. The Hall–Kier alpha value is -2.64. The number of hydrogen-bond acceptors (Lipinski definition) is 6. The summed E-state index contributed by atoms with van der Waals surface area (Å²) in [5.41, 5.74) is 1.83. The van der Waals surface area contributed by atoms with Crippen molar-refractivity contribution in [2.75, 3.05) is 6.26 Å². The maximum Gasteiger partial charge on any atom is 0.296 e. The standard InChI is InChI=1S/C19H17ClN4O2S/c1-13-18(25)24(19(27-2)23-22-13)21-11-15-4-3-5-17(10-15)26-12-14-6-8-16(20)9-7-14/h3-11H,12H2,1-2H3/b21-11-. The van der Waals surface area contributed by atoms with Crippen LogP contribution >= 0.6 is 23.4 Å². The van der Waals surface area contributed by atoms with E-state index in [1.165, 1.54) is 16.4 Å². The number of hydrogen-bond donors (Lipinski definition) is 0. The number of benzene rings is 2. The molecule has 0 saturated heterocycles. The zero-order chi connectivity index (χ0) is 19.2. The lowest BCUT2D eigenvalue weighted by Gasteiger charge is -2.07. The average Bonchev–Trinajstić information content (AvgIpc) is 2.69. The predicted molar refractivity (Wildman–Crippen MR) is 108 cm³/mol. The molecule has 0 radical (unpaired) electrons. The minimum Gasteiger partial charge on any atom is -0.489 e. The van der Waals surface area contributed by atoms with Gasteiger partial charge in [0.25, 0.3) is 5.56 Å². The van der Waals surface area contributed by atoms with E-state index in [2.05, 4.69) is 15.3 Å². The van der Waals surface area contributed by atoms with Crippen molar-refractivity contribution in [3.63, 3.8) is 0 Å². The molecule has 0 spiro atoms. The molecule has 0 N–H and O–H groups in total. The van der Waals surface area contributed by atoms with Gasteiger partial charge in [0.15, 0.2) is 0 Å². The van der Waals surface area contributed by atoms with Crippen LogP contribution in [0.25, 0.3) is 0 Å². The topological polar surface area (TPSA) is 69.4 Å². The molecule has 0 saturated carbocycles. The number of halogens is 1. The second-order valence-electron chi connectivity index (χ2n) is 5.62. The Morgan fingerprint density at radius 1 is 1.22 bits per heavy atom. The lowest BCUT2D eigenvalue weighted by atomic mass is 10.2. The molecule has 8 heteroatoms. The SMILES string of the molecule is CSc1nnc(C)c(=O)n1/N=C\c1cccc(OCc2ccc(Cl)cc2)c1. The van der Waals surface area contributed by atoms with Gasteiger partial charge in [-0.15, -0.1) is 10.2 Å². The summed E-state index contributed by atoms with van der Waals surface area (Å²) < 4.78 is 7.06. The van der Waals surface area contributed by atoms with Crippen molar-refractivity contribution in [2.45, 2.75) is 18.7 Å². The lowest BCUT2D eigenvalue weighted by Crippen LogP contribution is -2.23. The first-order chi connectivity index (χ1) is 13.1. The highest BCUT2D eigenvalue weighted by atomic mass is 35.5. The summed E-state index contributed by atoms with van der Waals surface area (Å²) in [5.74, 6) is 0.704. The van der Waals surface area contributed by atoms with Gasteiger partial charge in [0.05, 0.1) is 6.21 Å². The van der Waals surface area contributed by atoms with Crippen LogP contribution in [0.5, 0.6) is 5.75 Å². The van der Waals surface area contributed by atoms with E-state index >= 15 is 0 Å². The van der Waals surface area contributed by atoms with E-state index in [-0.39, 0.29) is 5.56 Å². The highest BCUT2D eigenvalue weighted by Gasteiger charge is 2.07. The van der Waals surface area contributed by atoms with Gasteiger partial charge in [-0.05, 0) is 48.6 Å². The van der Waals surface area contributed by atoms with Gasteiger partial charge >= 0.3 is 0 Å². The van der Waals surface area contributed by atoms with Crippen LogP contribution in [-0.4, -0.2) is 27.3 Å². The molecule has 3 rings (SSSR count). The van der Waals surface area contributed by atoms with Crippen LogP contribution in [0.15, 0.2) is 63.6 Å². The third kappa shape index (κ3) is 4.96. The Morgan fingerprint density at radius 3 is 2.74 bits per heavy atom. The normalized spacial score (nSPS) is 11.1. The van der Waals surface area contributed by atoms with Crippen LogP contribution in [0, 0.1) is 6.92 Å². The van der Waals surface area contributed by atoms with Crippen molar-refractivity contribution < 1.29 is 4.74 Å². The molecular formula is C19H17ClN4O2S. The zero-order valence-electron chi connectivity index (χ0n) is 14.8. The number of thioether (sulfide) groups is 1. The third-order valence-electron chi connectivity index (χ3n) is 3.65. The van der Waals surface area contributed by atoms with Crippen molar-refractivity contribution in [3.05, 3.63) is 80.7 Å². The van der Waals surface area contributed by atoms with Crippen LogP contribution in [0.1, 0.15) is 16.8 Å². The Labute approximate surface area is 165 Å². The van der Waals surface area contributed by atoms with Gasteiger partial charge in [0, 0.05) is 5.02 Å². The smallest absolute Gasteiger partial charge is 0.296 e.